The number of ketones is 1. The van der Waals surface area contributed by atoms with Crippen molar-refractivity contribution in [1.29, 1.82) is 5.26 Å². The van der Waals surface area contributed by atoms with Gasteiger partial charge in [0.15, 0.2) is 0 Å². The summed E-state index contributed by atoms with van der Waals surface area (Å²) < 4.78 is 5.38. The predicted molar refractivity (Wildman–Crippen MR) is 100 cm³/mol. The molecule has 1 heterocycles. The maximum atomic E-state index is 12.9. The fourth-order valence-electron chi connectivity index (χ4n) is 2.71. The largest absolute Gasteiger partial charge is 0.496 e. The molecule has 25 heavy (non-hydrogen) atoms. The Labute approximate surface area is 148 Å². The Morgan fingerprint density at radius 3 is 2.40 bits per heavy atom. The Morgan fingerprint density at radius 1 is 1.12 bits per heavy atom. The van der Waals surface area contributed by atoms with E-state index < -0.39 is 10.7 Å². The number of carbonyl (C=O) groups excluding carboxylic acids is 1. The van der Waals surface area contributed by atoms with Crippen LogP contribution in [0.5, 0.6) is 5.75 Å². The van der Waals surface area contributed by atoms with Crippen LogP contribution < -0.4 is 15.6 Å². The number of ether oxygens (including phenoxy) is 1. The van der Waals surface area contributed by atoms with Crippen molar-refractivity contribution in [2.75, 3.05) is 18.0 Å². The normalized spacial score (nSPS) is 11.0. The van der Waals surface area contributed by atoms with Crippen molar-refractivity contribution in [2.45, 2.75) is 0 Å². The quantitative estimate of drug-likeness (QED) is 0.554. The van der Waals surface area contributed by atoms with Gasteiger partial charge in [-0.1, -0.05) is 42.5 Å². The average Bonchev–Trinajstić information content (AvgIpc) is 2.91. The van der Waals surface area contributed by atoms with Gasteiger partial charge in [-0.15, -0.1) is 5.14 Å². The maximum absolute atomic E-state index is 12.9. The summed E-state index contributed by atoms with van der Waals surface area (Å²) in [6.45, 7) is 0. The summed E-state index contributed by atoms with van der Waals surface area (Å²) in [5.74, 6) is 0.316. The molecule has 6 heteroatoms. The van der Waals surface area contributed by atoms with Gasteiger partial charge in [-0.2, -0.15) is 5.26 Å². The summed E-state index contributed by atoms with van der Waals surface area (Å²) in [6.07, 6.45) is 0. The third-order valence-corrected chi connectivity index (χ3v) is 5.60. The van der Waals surface area contributed by atoms with Crippen molar-refractivity contribution < 1.29 is 9.53 Å². The Bertz CT molecular complexity index is 988. The molecule has 0 spiro atoms. The van der Waals surface area contributed by atoms with Crippen LogP contribution in [0.2, 0.25) is 0 Å². The molecule has 2 aromatic carbocycles. The van der Waals surface area contributed by atoms with Crippen LogP contribution in [0, 0.1) is 11.3 Å². The zero-order chi connectivity index (χ0) is 18.0. The van der Waals surface area contributed by atoms with Gasteiger partial charge in [0, 0.05) is 5.56 Å². The van der Waals surface area contributed by atoms with Crippen LogP contribution in [-0.2, 0) is 0 Å². The number of nitriles is 1. The van der Waals surface area contributed by atoms with Gasteiger partial charge in [0.25, 0.3) is 4.88 Å². The number of rotatable bonds is 4. The van der Waals surface area contributed by atoms with E-state index in [2.05, 4.69) is 6.07 Å². The second-order valence-corrected chi connectivity index (χ2v) is 6.78. The van der Waals surface area contributed by atoms with E-state index in [0.29, 0.717) is 21.8 Å². The first kappa shape index (κ1) is 16.7. The molecule has 0 radical (unpaired) electrons. The number of anilines is 1. The molecule has 1 unspecified atom stereocenters. The highest BCUT2D eigenvalue weighted by atomic mass is 32.2. The molecule has 0 saturated carbocycles. The minimum atomic E-state index is -1.12. The molecule has 1 atom stereocenters. The summed E-state index contributed by atoms with van der Waals surface area (Å²) in [5, 5.41) is 16.0. The van der Waals surface area contributed by atoms with E-state index in [1.807, 2.05) is 24.3 Å². The van der Waals surface area contributed by atoms with Crippen LogP contribution in [-0.4, -0.2) is 12.9 Å². The highest BCUT2D eigenvalue weighted by molar-refractivity contribution is 7.36. The molecule has 0 bridgehead atoms. The van der Waals surface area contributed by atoms with Crippen LogP contribution in [0.4, 0.5) is 5.69 Å². The Kier molecular flexibility index (Phi) is 4.52. The fraction of sp³-hybridized carbons (Fsp3) is 0.0526. The van der Waals surface area contributed by atoms with Crippen LogP contribution in [0.3, 0.4) is 0 Å². The van der Waals surface area contributed by atoms with Crippen molar-refractivity contribution >= 4 is 22.1 Å². The molecule has 3 rings (SSSR count). The van der Waals surface area contributed by atoms with Crippen LogP contribution in [0.15, 0.2) is 54.6 Å². The smallest absolute Gasteiger partial charge is 0.267 e. The third-order valence-electron chi connectivity index (χ3n) is 3.89. The summed E-state index contributed by atoms with van der Waals surface area (Å²) in [7, 11) is 0.424. The molecule has 5 nitrogen and oxygen atoms in total. The van der Waals surface area contributed by atoms with E-state index in [1.165, 1.54) is 0 Å². The van der Waals surface area contributed by atoms with Crippen molar-refractivity contribution in [2.24, 2.45) is 0 Å². The number of nitrogens with two attached hydrogens (primary N) is 2. The highest BCUT2D eigenvalue weighted by Gasteiger charge is 2.37. The number of para-hydroxylation sites is 1. The Hall–Kier alpha value is -3.14. The molecular weight excluding hydrogens is 334 g/mol. The van der Waals surface area contributed by atoms with Crippen molar-refractivity contribution in [1.82, 2.24) is 0 Å². The number of methoxy groups -OCH3 is 1. The number of hydrogen-bond acceptors (Lipinski definition) is 5. The van der Waals surface area contributed by atoms with Crippen LogP contribution in [0.25, 0.3) is 10.4 Å². The number of benzene rings is 2. The lowest BCUT2D eigenvalue weighted by Crippen LogP contribution is -2.05. The standard InChI is InChI=1S/C19H15N3O2S/c1-24-15-10-6-5-9-13(15)18-14(11-20)16(21)19(25(18)22)17(23)12-7-3-2-4-8-12/h2-10H,22H2,1H3,(H-,21,23)/p+1. The summed E-state index contributed by atoms with van der Waals surface area (Å²) in [5.41, 5.74) is 7.68. The van der Waals surface area contributed by atoms with Gasteiger partial charge in [-0.25, -0.2) is 0 Å². The molecule has 0 saturated heterocycles. The monoisotopic (exact) mass is 350 g/mol. The topological polar surface area (TPSA) is 102 Å². The maximum Gasteiger partial charge on any atom is 0.267 e. The lowest BCUT2D eigenvalue weighted by Gasteiger charge is -2.04. The Morgan fingerprint density at radius 2 is 1.76 bits per heavy atom. The molecule has 0 aliphatic heterocycles. The van der Waals surface area contributed by atoms with E-state index in [-0.39, 0.29) is 21.9 Å². The van der Waals surface area contributed by atoms with Crippen LogP contribution in [0.1, 0.15) is 20.8 Å². The zero-order valence-electron chi connectivity index (χ0n) is 13.5. The molecular formula is C19H16N3O2S+. The van der Waals surface area contributed by atoms with Gasteiger partial charge < -0.3 is 10.5 Å². The molecule has 0 amide bonds. The fourth-order valence-corrected chi connectivity index (χ4v) is 4.35. The molecule has 1 aromatic heterocycles. The first-order valence-corrected chi connectivity index (χ1v) is 8.75. The minimum Gasteiger partial charge on any atom is -0.496 e. The zero-order valence-corrected chi connectivity index (χ0v) is 14.3. The first-order chi connectivity index (χ1) is 12.1. The number of thiophene rings is 1. The number of carbonyl (C=O) groups is 1. The van der Waals surface area contributed by atoms with E-state index in [9.17, 15) is 10.1 Å². The lowest BCUT2D eigenvalue weighted by molar-refractivity contribution is 0.104. The van der Waals surface area contributed by atoms with E-state index in [1.54, 1.807) is 37.4 Å². The second-order valence-electron chi connectivity index (χ2n) is 5.29. The SMILES string of the molecule is COc1ccccc1-c1c(C#N)c(N)c(C(=O)c2ccccc2)[s+]1N. The molecule has 124 valence electrons. The van der Waals surface area contributed by atoms with Crippen molar-refractivity contribution in [3.05, 3.63) is 70.6 Å². The van der Waals surface area contributed by atoms with Gasteiger partial charge in [0.1, 0.15) is 23.1 Å². The van der Waals surface area contributed by atoms with Gasteiger partial charge in [0.05, 0.1) is 23.3 Å². The molecule has 0 fully saturated rings. The number of nitrogen functional groups attached to an aromatic ring is 2. The van der Waals surface area contributed by atoms with E-state index >= 15 is 0 Å². The summed E-state index contributed by atoms with van der Waals surface area (Å²) in [6, 6.07) is 18.1. The van der Waals surface area contributed by atoms with Crippen molar-refractivity contribution in [3.63, 3.8) is 0 Å². The van der Waals surface area contributed by atoms with Gasteiger partial charge in [-0.05, 0) is 12.1 Å². The number of hydrogen-bond donors (Lipinski definition) is 2. The second kappa shape index (κ2) is 6.77. The van der Waals surface area contributed by atoms with Gasteiger partial charge >= 0.3 is 0 Å². The Balaban J connectivity index is 2.26. The summed E-state index contributed by atoms with van der Waals surface area (Å²) in [4.78, 5) is 13.7. The molecule has 0 aliphatic rings. The molecule has 0 aliphatic carbocycles. The first-order valence-electron chi connectivity index (χ1n) is 7.46. The summed E-state index contributed by atoms with van der Waals surface area (Å²) >= 11 is 0. The van der Waals surface area contributed by atoms with Gasteiger partial charge in [-0.3, -0.25) is 4.79 Å². The molecule has 3 aromatic rings. The van der Waals surface area contributed by atoms with Crippen LogP contribution >= 0.6 is 10.7 Å². The lowest BCUT2D eigenvalue weighted by atomic mass is 10.1. The average molecular weight is 350 g/mol. The van der Waals surface area contributed by atoms with Gasteiger partial charge in [0.2, 0.25) is 10.7 Å². The van der Waals surface area contributed by atoms with E-state index in [4.69, 9.17) is 15.6 Å². The van der Waals surface area contributed by atoms with E-state index in [0.717, 1.165) is 0 Å². The van der Waals surface area contributed by atoms with Crippen molar-refractivity contribution in [3.8, 4) is 22.3 Å². The number of nitrogens with zero attached hydrogens (tertiary/aromatic N) is 1. The minimum absolute atomic E-state index is 0.142. The third kappa shape index (κ3) is 2.76. The predicted octanol–water partition coefficient (Wildman–Crippen LogP) is 3.51. The molecule has 4 N–H and O–H groups in total. The highest BCUT2D eigenvalue weighted by Crippen LogP contribution is 2.46.